The van der Waals surface area contributed by atoms with Gasteiger partial charge >= 0.3 is 6.18 Å². The molecule has 1 heterocycles. The highest BCUT2D eigenvalue weighted by Crippen LogP contribution is 2.36. The molecule has 4 rings (SSSR count). The molecule has 5 nitrogen and oxygen atoms in total. The molecule has 1 amide bonds. The van der Waals surface area contributed by atoms with Crippen molar-refractivity contribution in [1.29, 1.82) is 0 Å². The van der Waals surface area contributed by atoms with Gasteiger partial charge in [0.1, 0.15) is 11.6 Å². The molecule has 0 aliphatic carbocycles. The SMILES string of the molecule is COc1ccc(C(=O)CCCCC(=O)N2CC(N(C)Cc3ccc(C(F)(F)F)c(F)c3)[C@@H](c3ccc(Cl)c(Cl)c3)C2)cc1. The molecule has 0 bridgehead atoms. The zero-order chi connectivity index (χ0) is 31.3. The van der Waals surface area contributed by atoms with Crippen LogP contribution in [0.5, 0.6) is 5.75 Å². The van der Waals surface area contributed by atoms with E-state index in [4.69, 9.17) is 27.9 Å². The summed E-state index contributed by atoms with van der Waals surface area (Å²) in [6, 6.07) is 14.9. The molecule has 1 unspecified atom stereocenters. The average molecular weight is 640 g/mol. The lowest BCUT2D eigenvalue weighted by Crippen LogP contribution is -2.38. The molecule has 230 valence electrons. The van der Waals surface area contributed by atoms with Gasteiger partial charge in [0, 0.05) is 50.0 Å². The number of rotatable bonds is 11. The summed E-state index contributed by atoms with van der Waals surface area (Å²) in [4.78, 5) is 29.4. The van der Waals surface area contributed by atoms with Crippen LogP contribution >= 0.6 is 23.2 Å². The summed E-state index contributed by atoms with van der Waals surface area (Å²) in [7, 11) is 3.35. The van der Waals surface area contributed by atoms with E-state index in [0.29, 0.717) is 59.3 Å². The Labute approximate surface area is 258 Å². The summed E-state index contributed by atoms with van der Waals surface area (Å²) in [6.45, 7) is 0.944. The number of carbonyl (C=O) groups is 2. The zero-order valence-electron chi connectivity index (χ0n) is 23.8. The summed E-state index contributed by atoms with van der Waals surface area (Å²) >= 11 is 12.4. The third-order valence-electron chi connectivity index (χ3n) is 7.81. The molecule has 0 saturated carbocycles. The van der Waals surface area contributed by atoms with Gasteiger partial charge in [-0.25, -0.2) is 4.39 Å². The van der Waals surface area contributed by atoms with Gasteiger partial charge < -0.3 is 9.64 Å². The van der Waals surface area contributed by atoms with Crippen LogP contribution in [-0.2, 0) is 17.5 Å². The van der Waals surface area contributed by atoms with Crippen LogP contribution < -0.4 is 4.74 Å². The Morgan fingerprint density at radius 2 is 1.65 bits per heavy atom. The van der Waals surface area contributed by atoms with Crippen LogP contribution in [-0.4, -0.2) is 54.8 Å². The fourth-order valence-electron chi connectivity index (χ4n) is 5.44. The van der Waals surface area contributed by atoms with Crippen molar-refractivity contribution in [2.24, 2.45) is 0 Å². The number of ketones is 1. The molecular formula is C32H32Cl2F4N2O3. The molecule has 1 aliphatic heterocycles. The number of benzene rings is 3. The molecule has 3 aromatic rings. The first-order chi connectivity index (χ1) is 20.4. The maximum Gasteiger partial charge on any atom is 0.419 e. The first-order valence-corrected chi connectivity index (χ1v) is 14.6. The standard InChI is InChI=1S/C32H32Cl2F4N2O3/c1-39(17-20-7-13-25(28(35)15-20)32(36,37)38)29-19-40(18-24(29)22-10-14-26(33)27(34)16-22)31(42)6-4-3-5-30(41)21-8-11-23(43-2)12-9-21/h7-16,24,29H,3-6,17-19H2,1-2H3/t24-,29?/m1/s1. The normalized spacial score (nSPS) is 17.0. The highest BCUT2D eigenvalue weighted by atomic mass is 35.5. The minimum atomic E-state index is -4.78. The van der Waals surface area contributed by atoms with Gasteiger partial charge in [-0.1, -0.05) is 35.3 Å². The van der Waals surface area contributed by atoms with Crippen molar-refractivity contribution in [2.75, 3.05) is 27.2 Å². The van der Waals surface area contributed by atoms with E-state index in [1.807, 2.05) is 11.0 Å². The minimum Gasteiger partial charge on any atom is -0.497 e. The number of carbonyl (C=O) groups excluding carboxylic acids is 2. The summed E-state index contributed by atoms with van der Waals surface area (Å²) in [5, 5.41) is 0.766. The molecule has 3 aromatic carbocycles. The van der Waals surface area contributed by atoms with Crippen molar-refractivity contribution in [1.82, 2.24) is 9.80 Å². The fraction of sp³-hybridized carbons (Fsp3) is 0.375. The Balaban J connectivity index is 1.41. The third kappa shape index (κ3) is 8.28. The number of hydrogen-bond acceptors (Lipinski definition) is 4. The van der Waals surface area contributed by atoms with Crippen LogP contribution in [0.2, 0.25) is 10.0 Å². The lowest BCUT2D eigenvalue weighted by molar-refractivity contribution is -0.140. The average Bonchev–Trinajstić information content (AvgIpc) is 3.42. The van der Waals surface area contributed by atoms with Crippen molar-refractivity contribution < 1.29 is 31.9 Å². The van der Waals surface area contributed by atoms with Gasteiger partial charge in [-0.15, -0.1) is 0 Å². The molecule has 0 aromatic heterocycles. The number of methoxy groups -OCH3 is 1. The summed E-state index contributed by atoms with van der Waals surface area (Å²) in [5.74, 6) is -0.883. The summed E-state index contributed by atoms with van der Waals surface area (Å²) in [6.07, 6.45) is -3.09. The maximum atomic E-state index is 14.2. The van der Waals surface area contributed by atoms with Crippen LogP contribution in [0.3, 0.4) is 0 Å². The van der Waals surface area contributed by atoms with Crippen LogP contribution in [0, 0.1) is 5.82 Å². The number of likely N-dealkylation sites (N-methyl/N-ethyl adjacent to an activating group) is 1. The summed E-state index contributed by atoms with van der Waals surface area (Å²) < 4.78 is 58.5. The van der Waals surface area contributed by atoms with Gasteiger partial charge in [-0.05, 0) is 79.5 Å². The quantitative estimate of drug-likeness (QED) is 0.121. The number of nitrogens with zero attached hydrogens (tertiary/aromatic N) is 2. The van der Waals surface area contributed by atoms with Crippen molar-refractivity contribution in [3.8, 4) is 5.75 Å². The molecule has 2 atom stereocenters. The van der Waals surface area contributed by atoms with Crippen LogP contribution in [0.1, 0.15) is 58.6 Å². The van der Waals surface area contributed by atoms with E-state index < -0.39 is 17.6 Å². The van der Waals surface area contributed by atoms with Gasteiger partial charge in [-0.2, -0.15) is 13.2 Å². The smallest absolute Gasteiger partial charge is 0.419 e. The van der Waals surface area contributed by atoms with Gasteiger partial charge in [0.25, 0.3) is 0 Å². The zero-order valence-corrected chi connectivity index (χ0v) is 25.3. The number of hydrogen-bond donors (Lipinski definition) is 0. The van der Waals surface area contributed by atoms with E-state index in [1.165, 1.54) is 6.07 Å². The van der Waals surface area contributed by atoms with Gasteiger partial charge in [0.2, 0.25) is 5.91 Å². The Morgan fingerprint density at radius 3 is 2.28 bits per heavy atom. The predicted molar refractivity (Wildman–Crippen MR) is 158 cm³/mol. The second-order valence-electron chi connectivity index (χ2n) is 10.7. The first kappa shape index (κ1) is 32.8. The van der Waals surface area contributed by atoms with Crippen molar-refractivity contribution in [3.05, 3.63) is 98.8 Å². The second-order valence-corrected chi connectivity index (χ2v) is 11.5. The van der Waals surface area contributed by atoms with E-state index >= 15 is 0 Å². The number of likely N-dealkylation sites (tertiary alicyclic amines) is 1. The largest absolute Gasteiger partial charge is 0.497 e. The van der Waals surface area contributed by atoms with Crippen LogP contribution in [0.25, 0.3) is 0 Å². The Bertz CT molecular complexity index is 1450. The fourth-order valence-corrected chi connectivity index (χ4v) is 5.75. The van der Waals surface area contributed by atoms with Crippen molar-refractivity contribution in [3.63, 3.8) is 0 Å². The number of Topliss-reactive ketones (excluding diaryl/α,β-unsaturated/α-hetero) is 1. The second kappa shape index (κ2) is 14.1. The number of unbranched alkanes of at least 4 members (excludes halogenated alkanes) is 1. The van der Waals surface area contributed by atoms with E-state index in [1.54, 1.807) is 55.5 Å². The van der Waals surface area contributed by atoms with E-state index in [0.717, 1.165) is 17.7 Å². The maximum absolute atomic E-state index is 14.2. The molecule has 1 fully saturated rings. The van der Waals surface area contributed by atoms with Gasteiger partial charge in [0.05, 0.1) is 22.7 Å². The number of halogens is 6. The molecule has 11 heteroatoms. The van der Waals surface area contributed by atoms with E-state index in [-0.39, 0.29) is 36.6 Å². The van der Waals surface area contributed by atoms with Crippen molar-refractivity contribution in [2.45, 2.75) is 50.4 Å². The topological polar surface area (TPSA) is 49.9 Å². The minimum absolute atomic E-state index is 0.00246. The Morgan fingerprint density at radius 1 is 0.953 bits per heavy atom. The highest BCUT2D eigenvalue weighted by molar-refractivity contribution is 6.42. The number of ether oxygens (including phenoxy) is 1. The molecule has 1 saturated heterocycles. The van der Waals surface area contributed by atoms with E-state index in [2.05, 4.69) is 0 Å². The molecule has 0 radical (unpaired) electrons. The third-order valence-corrected chi connectivity index (χ3v) is 8.55. The highest BCUT2D eigenvalue weighted by Gasteiger charge is 2.39. The lowest BCUT2D eigenvalue weighted by Gasteiger charge is -2.29. The van der Waals surface area contributed by atoms with Crippen LogP contribution in [0.15, 0.2) is 60.7 Å². The van der Waals surface area contributed by atoms with Crippen LogP contribution in [0.4, 0.5) is 17.6 Å². The monoisotopic (exact) mass is 638 g/mol. The predicted octanol–water partition coefficient (Wildman–Crippen LogP) is 8.03. The number of alkyl halides is 3. The summed E-state index contributed by atoms with van der Waals surface area (Å²) in [5.41, 5.74) is 0.531. The van der Waals surface area contributed by atoms with Gasteiger partial charge in [0.15, 0.2) is 5.78 Å². The van der Waals surface area contributed by atoms with Gasteiger partial charge in [-0.3, -0.25) is 14.5 Å². The Kier molecular flexibility index (Phi) is 10.7. The van der Waals surface area contributed by atoms with E-state index in [9.17, 15) is 27.2 Å². The molecular weight excluding hydrogens is 607 g/mol. The molecule has 0 spiro atoms. The number of amides is 1. The Hall–Kier alpha value is -3.14. The lowest BCUT2D eigenvalue weighted by atomic mass is 9.93. The van der Waals surface area contributed by atoms with Crippen molar-refractivity contribution >= 4 is 34.9 Å². The first-order valence-electron chi connectivity index (χ1n) is 13.8. The molecule has 1 aliphatic rings. The molecule has 0 N–H and O–H groups in total. The molecule has 43 heavy (non-hydrogen) atoms.